The van der Waals surface area contributed by atoms with Crippen molar-refractivity contribution >= 4 is 27.1 Å². The summed E-state index contributed by atoms with van der Waals surface area (Å²) in [4.78, 5) is 4.25. The van der Waals surface area contributed by atoms with Gasteiger partial charge >= 0.3 is 0 Å². The molecule has 0 radical (unpaired) electrons. The number of rotatable bonds is 5. The Labute approximate surface area is 122 Å². The summed E-state index contributed by atoms with van der Waals surface area (Å²) in [7, 11) is 0. The lowest BCUT2D eigenvalue weighted by molar-refractivity contribution is 0.328. The van der Waals surface area contributed by atoms with E-state index >= 15 is 0 Å². The fourth-order valence-corrected chi connectivity index (χ4v) is 3.10. The average molecular weight is 284 g/mol. The number of anilines is 1. The smallest absolute Gasteiger partial charge is 0.237 e. The van der Waals surface area contributed by atoms with Crippen LogP contribution in [-0.4, -0.2) is 11.6 Å². The van der Waals surface area contributed by atoms with Crippen molar-refractivity contribution in [3.8, 4) is 5.88 Å². The standard InChI is InChI=1S/C16H16N2OS/c1-2-19-16-14(7-5-9-17-16)18-10-12-11-20-15-8-4-3-6-13(12)15/h3-9,11,18H,2,10H2,1H3. The van der Waals surface area contributed by atoms with Crippen LogP contribution in [0.25, 0.3) is 10.1 Å². The number of hydrogen-bond acceptors (Lipinski definition) is 4. The van der Waals surface area contributed by atoms with Crippen molar-refractivity contribution in [1.29, 1.82) is 0 Å². The van der Waals surface area contributed by atoms with Crippen molar-refractivity contribution in [3.63, 3.8) is 0 Å². The van der Waals surface area contributed by atoms with Gasteiger partial charge in [-0.2, -0.15) is 0 Å². The van der Waals surface area contributed by atoms with E-state index in [-0.39, 0.29) is 0 Å². The molecule has 1 N–H and O–H groups in total. The molecule has 102 valence electrons. The number of nitrogens with zero attached hydrogens (tertiary/aromatic N) is 1. The number of benzene rings is 1. The summed E-state index contributed by atoms with van der Waals surface area (Å²) in [6.45, 7) is 3.35. The van der Waals surface area contributed by atoms with E-state index in [1.165, 1.54) is 15.6 Å². The molecule has 0 unspecified atom stereocenters. The molecular weight excluding hydrogens is 268 g/mol. The lowest BCUT2D eigenvalue weighted by Gasteiger charge is -2.10. The quantitative estimate of drug-likeness (QED) is 0.758. The van der Waals surface area contributed by atoms with Gasteiger partial charge in [0.25, 0.3) is 0 Å². The van der Waals surface area contributed by atoms with Crippen LogP contribution in [-0.2, 0) is 6.54 Å². The number of ether oxygens (including phenoxy) is 1. The fourth-order valence-electron chi connectivity index (χ4n) is 2.14. The Bertz CT molecular complexity index is 708. The highest BCUT2D eigenvalue weighted by Gasteiger charge is 2.06. The molecule has 0 saturated carbocycles. The summed E-state index contributed by atoms with van der Waals surface area (Å²) in [6.07, 6.45) is 1.75. The predicted octanol–water partition coefficient (Wildman–Crippen LogP) is 4.31. The Morgan fingerprint density at radius 1 is 1.20 bits per heavy atom. The first kappa shape index (κ1) is 12.9. The first-order valence-corrected chi connectivity index (χ1v) is 7.53. The largest absolute Gasteiger partial charge is 0.476 e. The van der Waals surface area contributed by atoms with E-state index in [1.54, 1.807) is 17.5 Å². The van der Waals surface area contributed by atoms with Crippen LogP contribution in [0.3, 0.4) is 0 Å². The van der Waals surface area contributed by atoms with E-state index in [1.807, 2.05) is 19.1 Å². The maximum Gasteiger partial charge on any atom is 0.237 e. The second kappa shape index (κ2) is 5.92. The first-order valence-electron chi connectivity index (χ1n) is 6.65. The zero-order chi connectivity index (χ0) is 13.8. The van der Waals surface area contributed by atoms with Gasteiger partial charge in [-0.3, -0.25) is 0 Å². The predicted molar refractivity (Wildman–Crippen MR) is 84.6 cm³/mol. The summed E-state index contributed by atoms with van der Waals surface area (Å²) >= 11 is 1.78. The van der Waals surface area contributed by atoms with Crippen LogP contribution in [0, 0.1) is 0 Å². The van der Waals surface area contributed by atoms with Gasteiger partial charge in [-0.1, -0.05) is 18.2 Å². The fraction of sp³-hybridized carbons (Fsp3) is 0.188. The average Bonchev–Trinajstić information content (AvgIpc) is 2.90. The van der Waals surface area contributed by atoms with Gasteiger partial charge in [0.15, 0.2) is 0 Å². The van der Waals surface area contributed by atoms with Crippen LogP contribution < -0.4 is 10.1 Å². The van der Waals surface area contributed by atoms with E-state index in [0.29, 0.717) is 12.5 Å². The molecule has 1 aromatic carbocycles. The molecule has 0 aliphatic carbocycles. The first-order chi connectivity index (χ1) is 9.88. The van der Waals surface area contributed by atoms with Crippen LogP contribution in [0.1, 0.15) is 12.5 Å². The monoisotopic (exact) mass is 284 g/mol. The van der Waals surface area contributed by atoms with Gasteiger partial charge < -0.3 is 10.1 Å². The number of fused-ring (bicyclic) bond motifs is 1. The summed E-state index contributed by atoms with van der Waals surface area (Å²) in [6, 6.07) is 12.4. The van der Waals surface area contributed by atoms with Gasteiger partial charge in [0.1, 0.15) is 0 Å². The van der Waals surface area contributed by atoms with Gasteiger partial charge in [-0.05, 0) is 41.5 Å². The van der Waals surface area contributed by atoms with Crippen molar-refractivity contribution in [2.45, 2.75) is 13.5 Å². The van der Waals surface area contributed by atoms with E-state index in [2.05, 4.69) is 39.9 Å². The van der Waals surface area contributed by atoms with E-state index in [0.717, 1.165) is 12.2 Å². The van der Waals surface area contributed by atoms with Crippen molar-refractivity contribution in [3.05, 3.63) is 53.5 Å². The van der Waals surface area contributed by atoms with Crippen molar-refractivity contribution in [2.75, 3.05) is 11.9 Å². The number of hydrogen-bond donors (Lipinski definition) is 1. The number of pyridine rings is 1. The summed E-state index contributed by atoms with van der Waals surface area (Å²) in [5.41, 5.74) is 2.24. The van der Waals surface area contributed by atoms with Gasteiger partial charge in [0.2, 0.25) is 5.88 Å². The second-order valence-corrected chi connectivity index (χ2v) is 5.31. The lowest BCUT2D eigenvalue weighted by atomic mass is 10.2. The minimum absolute atomic E-state index is 0.618. The molecule has 2 aromatic heterocycles. The van der Waals surface area contributed by atoms with Crippen LogP contribution in [0.2, 0.25) is 0 Å². The number of aromatic nitrogens is 1. The topological polar surface area (TPSA) is 34.1 Å². The van der Waals surface area contributed by atoms with Crippen LogP contribution in [0.5, 0.6) is 5.88 Å². The molecule has 20 heavy (non-hydrogen) atoms. The summed E-state index contributed by atoms with van der Waals surface area (Å²) in [5.74, 6) is 0.662. The molecule has 0 saturated heterocycles. The SMILES string of the molecule is CCOc1ncccc1NCc1csc2ccccc12. The Hall–Kier alpha value is -2.07. The molecule has 0 bridgehead atoms. The van der Waals surface area contributed by atoms with Crippen molar-refractivity contribution < 1.29 is 4.74 Å². The van der Waals surface area contributed by atoms with Gasteiger partial charge in [-0.25, -0.2) is 4.98 Å². The number of nitrogens with one attached hydrogen (secondary N) is 1. The van der Waals surface area contributed by atoms with Gasteiger partial charge in [0.05, 0.1) is 12.3 Å². The maximum atomic E-state index is 5.52. The third kappa shape index (κ3) is 2.60. The zero-order valence-electron chi connectivity index (χ0n) is 11.3. The third-order valence-corrected chi connectivity index (χ3v) is 4.09. The molecule has 0 spiro atoms. The molecule has 0 fully saturated rings. The van der Waals surface area contributed by atoms with Gasteiger partial charge in [-0.15, -0.1) is 11.3 Å². The second-order valence-electron chi connectivity index (χ2n) is 4.40. The Kier molecular flexibility index (Phi) is 3.83. The molecule has 3 nitrogen and oxygen atoms in total. The summed E-state index contributed by atoms with van der Waals surface area (Å²) in [5, 5.41) is 6.93. The third-order valence-electron chi connectivity index (χ3n) is 3.08. The highest BCUT2D eigenvalue weighted by atomic mass is 32.1. The zero-order valence-corrected chi connectivity index (χ0v) is 12.1. The molecule has 2 heterocycles. The number of thiophene rings is 1. The van der Waals surface area contributed by atoms with Crippen LogP contribution >= 0.6 is 11.3 Å². The van der Waals surface area contributed by atoms with E-state index < -0.39 is 0 Å². The van der Waals surface area contributed by atoms with E-state index in [9.17, 15) is 0 Å². The highest BCUT2D eigenvalue weighted by Crippen LogP contribution is 2.27. The molecule has 0 aliphatic rings. The van der Waals surface area contributed by atoms with Gasteiger partial charge in [0, 0.05) is 17.4 Å². The Balaban J connectivity index is 1.80. The van der Waals surface area contributed by atoms with Crippen molar-refractivity contribution in [2.24, 2.45) is 0 Å². The Morgan fingerprint density at radius 3 is 3.00 bits per heavy atom. The molecule has 3 aromatic rings. The Morgan fingerprint density at radius 2 is 2.10 bits per heavy atom. The minimum Gasteiger partial charge on any atom is -0.476 e. The summed E-state index contributed by atoms with van der Waals surface area (Å²) < 4.78 is 6.84. The van der Waals surface area contributed by atoms with Crippen LogP contribution in [0.15, 0.2) is 48.0 Å². The molecule has 0 atom stereocenters. The maximum absolute atomic E-state index is 5.52. The normalized spacial score (nSPS) is 10.7. The molecule has 0 aliphatic heterocycles. The molecule has 3 rings (SSSR count). The van der Waals surface area contributed by atoms with Crippen molar-refractivity contribution in [1.82, 2.24) is 4.98 Å². The molecule has 0 amide bonds. The van der Waals surface area contributed by atoms with E-state index in [4.69, 9.17) is 4.74 Å². The lowest BCUT2D eigenvalue weighted by Crippen LogP contribution is -2.03. The minimum atomic E-state index is 0.618. The van der Waals surface area contributed by atoms with Crippen LogP contribution in [0.4, 0.5) is 5.69 Å². The highest BCUT2D eigenvalue weighted by molar-refractivity contribution is 7.17. The molecular formula is C16H16N2OS. The molecule has 4 heteroatoms.